The SMILES string of the molecule is NC1CC2(C1)CN(C(=O)c1cnn3ccncc13)C2. The zero-order chi connectivity index (χ0) is 13.0. The van der Waals surface area contributed by atoms with Gasteiger partial charge in [-0.25, -0.2) is 4.52 Å². The lowest BCUT2D eigenvalue weighted by Gasteiger charge is -2.58. The summed E-state index contributed by atoms with van der Waals surface area (Å²) in [4.78, 5) is 18.4. The average Bonchev–Trinajstić information content (AvgIpc) is 2.75. The Morgan fingerprint density at radius 3 is 2.89 bits per heavy atom. The summed E-state index contributed by atoms with van der Waals surface area (Å²) in [5.74, 6) is 0.0501. The summed E-state index contributed by atoms with van der Waals surface area (Å²) < 4.78 is 1.68. The van der Waals surface area contributed by atoms with Crippen LogP contribution in [0.2, 0.25) is 0 Å². The van der Waals surface area contributed by atoms with Gasteiger partial charge in [0.2, 0.25) is 0 Å². The van der Waals surface area contributed by atoms with Crippen LogP contribution in [0.5, 0.6) is 0 Å². The van der Waals surface area contributed by atoms with Crippen molar-refractivity contribution in [1.29, 1.82) is 0 Å². The van der Waals surface area contributed by atoms with Crippen LogP contribution < -0.4 is 5.73 Å². The van der Waals surface area contributed by atoms with Crippen molar-refractivity contribution in [2.75, 3.05) is 13.1 Å². The fraction of sp³-hybridized carbons (Fsp3) is 0.462. The van der Waals surface area contributed by atoms with Gasteiger partial charge in [-0.2, -0.15) is 5.10 Å². The fourth-order valence-electron chi connectivity index (χ4n) is 3.39. The number of carbonyl (C=O) groups is 1. The lowest BCUT2D eigenvalue weighted by atomic mass is 9.61. The molecule has 19 heavy (non-hydrogen) atoms. The van der Waals surface area contributed by atoms with Crippen LogP contribution in [0.1, 0.15) is 23.2 Å². The molecule has 2 aromatic heterocycles. The fourth-order valence-corrected chi connectivity index (χ4v) is 3.39. The predicted molar refractivity (Wildman–Crippen MR) is 68.5 cm³/mol. The van der Waals surface area contributed by atoms with E-state index in [2.05, 4.69) is 10.1 Å². The number of carbonyl (C=O) groups excluding carboxylic acids is 1. The highest BCUT2D eigenvalue weighted by molar-refractivity contribution is 6.00. The Labute approximate surface area is 110 Å². The van der Waals surface area contributed by atoms with Crippen LogP contribution in [0.3, 0.4) is 0 Å². The first kappa shape index (κ1) is 10.9. The van der Waals surface area contributed by atoms with Crippen molar-refractivity contribution in [2.45, 2.75) is 18.9 Å². The van der Waals surface area contributed by atoms with Crippen molar-refractivity contribution in [3.8, 4) is 0 Å². The summed E-state index contributed by atoms with van der Waals surface area (Å²) in [6.45, 7) is 1.66. The van der Waals surface area contributed by atoms with E-state index in [-0.39, 0.29) is 5.91 Å². The lowest BCUT2D eigenvalue weighted by Crippen LogP contribution is -2.66. The van der Waals surface area contributed by atoms with Crippen LogP contribution in [0.4, 0.5) is 0 Å². The third kappa shape index (κ3) is 1.49. The molecular formula is C13H15N5O. The second-order valence-electron chi connectivity index (χ2n) is 5.79. The van der Waals surface area contributed by atoms with Crippen molar-refractivity contribution >= 4 is 11.4 Å². The van der Waals surface area contributed by atoms with Crippen LogP contribution in [0.15, 0.2) is 24.8 Å². The summed E-state index contributed by atoms with van der Waals surface area (Å²) in [5.41, 5.74) is 7.54. The number of hydrogen-bond donors (Lipinski definition) is 1. The monoisotopic (exact) mass is 257 g/mol. The third-order valence-electron chi connectivity index (χ3n) is 4.29. The van der Waals surface area contributed by atoms with E-state index in [1.54, 1.807) is 29.3 Å². The van der Waals surface area contributed by atoms with Gasteiger partial charge in [0.05, 0.1) is 23.5 Å². The number of hydrogen-bond acceptors (Lipinski definition) is 4. The van der Waals surface area contributed by atoms with E-state index in [4.69, 9.17) is 5.73 Å². The molecule has 1 spiro atoms. The van der Waals surface area contributed by atoms with Crippen LogP contribution in [-0.4, -0.2) is 44.5 Å². The molecule has 2 fully saturated rings. The van der Waals surface area contributed by atoms with Gasteiger partial charge < -0.3 is 10.6 Å². The quantitative estimate of drug-likeness (QED) is 0.796. The molecule has 1 amide bonds. The number of aromatic nitrogens is 3. The zero-order valence-corrected chi connectivity index (χ0v) is 10.5. The largest absolute Gasteiger partial charge is 0.337 e. The van der Waals surface area contributed by atoms with Gasteiger partial charge in [-0.15, -0.1) is 0 Å². The first-order valence-corrected chi connectivity index (χ1v) is 6.49. The molecule has 2 aliphatic rings. The molecule has 0 aromatic carbocycles. The third-order valence-corrected chi connectivity index (χ3v) is 4.29. The van der Waals surface area contributed by atoms with E-state index in [1.807, 2.05) is 4.90 Å². The van der Waals surface area contributed by atoms with E-state index < -0.39 is 0 Å². The van der Waals surface area contributed by atoms with Gasteiger partial charge in [-0.05, 0) is 12.8 Å². The minimum Gasteiger partial charge on any atom is -0.337 e. The van der Waals surface area contributed by atoms with Crippen LogP contribution in [0.25, 0.3) is 5.52 Å². The van der Waals surface area contributed by atoms with Gasteiger partial charge in [-0.1, -0.05) is 0 Å². The smallest absolute Gasteiger partial charge is 0.257 e. The van der Waals surface area contributed by atoms with Crippen LogP contribution >= 0.6 is 0 Å². The number of nitrogens with zero attached hydrogens (tertiary/aromatic N) is 4. The number of fused-ring (bicyclic) bond motifs is 1. The zero-order valence-electron chi connectivity index (χ0n) is 10.5. The Balaban J connectivity index is 1.56. The standard InChI is InChI=1S/C13H15N5O/c14-9-3-13(4-9)7-17(8-13)12(19)10-5-16-18-2-1-15-6-11(10)18/h1-2,5-6,9H,3-4,7-8,14H2. The maximum Gasteiger partial charge on any atom is 0.257 e. The Kier molecular flexibility index (Phi) is 2.04. The topological polar surface area (TPSA) is 76.5 Å². The van der Waals surface area contributed by atoms with E-state index in [0.29, 0.717) is 17.0 Å². The van der Waals surface area contributed by atoms with E-state index in [1.165, 1.54) is 0 Å². The Bertz CT molecular complexity index is 650. The Morgan fingerprint density at radius 1 is 1.37 bits per heavy atom. The highest BCUT2D eigenvalue weighted by Gasteiger charge is 2.52. The minimum absolute atomic E-state index is 0.0501. The average molecular weight is 257 g/mol. The molecule has 6 heteroatoms. The van der Waals surface area contributed by atoms with E-state index in [0.717, 1.165) is 31.4 Å². The second kappa shape index (κ2) is 3.54. The molecule has 1 saturated heterocycles. The highest BCUT2D eigenvalue weighted by Crippen LogP contribution is 2.47. The van der Waals surface area contributed by atoms with Gasteiger partial charge in [0.15, 0.2) is 0 Å². The summed E-state index contributed by atoms with van der Waals surface area (Å²) in [7, 11) is 0. The van der Waals surface area contributed by atoms with Crippen LogP contribution in [0, 0.1) is 5.41 Å². The normalized spacial score (nSPS) is 21.4. The molecule has 1 aliphatic heterocycles. The lowest BCUT2D eigenvalue weighted by molar-refractivity contribution is -0.0532. The van der Waals surface area contributed by atoms with Gasteiger partial charge >= 0.3 is 0 Å². The van der Waals surface area contributed by atoms with Gasteiger partial charge in [0.25, 0.3) is 5.91 Å². The maximum absolute atomic E-state index is 12.4. The Hall–Kier alpha value is -1.95. The summed E-state index contributed by atoms with van der Waals surface area (Å²) in [6, 6.07) is 0.332. The highest BCUT2D eigenvalue weighted by atomic mass is 16.2. The number of amides is 1. The first-order chi connectivity index (χ1) is 9.17. The summed E-state index contributed by atoms with van der Waals surface area (Å²) in [5, 5.41) is 4.17. The molecule has 98 valence electrons. The number of nitrogens with two attached hydrogens (primary N) is 1. The molecule has 2 N–H and O–H groups in total. The summed E-state index contributed by atoms with van der Waals surface area (Å²) in [6.07, 6.45) is 8.80. The van der Waals surface area contributed by atoms with E-state index in [9.17, 15) is 4.79 Å². The van der Waals surface area contributed by atoms with Gasteiger partial charge in [0, 0.05) is 36.9 Å². The Morgan fingerprint density at radius 2 is 2.16 bits per heavy atom. The molecular weight excluding hydrogens is 242 g/mol. The van der Waals surface area contributed by atoms with Crippen molar-refractivity contribution in [3.05, 3.63) is 30.4 Å². The first-order valence-electron chi connectivity index (χ1n) is 6.49. The van der Waals surface area contributed by atoms with Crippen molar-refractivity contribution in [2.24, 2.45) is 11.1 Å². The van der Waals surface area contributed by atoms with Crippen LogP contribution in [-0.2, 0) is 0 Å². The van der Waals surface area contributed by atoms with E-state index >= 15 is 0 Å². The molecule has 1 saturated carbocycles. The molecule has 0 radical (unpaired) electrons. The molecule has 4 rings (SSSR count). The van der Waals surface area contributed by atoms with Crippen molar-refractivity contribution in [3.63, 3.8) is 0 Å². The molecule has 0 bridgehead atoms. The van der Waals surface area contributed by atoms with Crippen molar-refractivity contribution < 1.29 is 4.79 Å². The maximum atomic E-state index is 12.4. The van der Waals surface area contributed by atoms with Gasteiger partial charge in [0.1, 0.15) is 0 Å². The molecule has 6 nitrogen and oxygen atoms in total. The predicted octanol–water partition coefficient (Wildman–Crippen LogP) is 0.293. The molecule has 1 aliphatic carbocycles. The molecule has 0 atom stereocenters. The van der Waals surface area contributed by atoms with Crippen molar-refractivity contribution in [1.82, 2.24) is 19.5 Å². The molecule has 0 unspecified atom stereocenters. The number of rotatable bonds is 1. The number of likely N-dealkylation sites (tertiary alicyclic amines) is 1. The second-order valence-corrected chi connectivity index (χ2v) is 5.79. The van der Waals surface area contributed by atoms with Gasteiger partial charge in [-0.3, -0.25) is 9.78 Å². The molecule has 2 aromatic rings. The minimum atomic E-state index is 0.0501. The molecule has 3 heterocycles. The summed E-state index contributed by atoms with van der Waals surface area (Å²) >= 11 is 0.